The maximum atomic E-state index is 5.43. The molecule has 2 aromatic rings. The first-order chi connectivity index (χ1) is 9.50. The Balaban J connectivity index is 2.21. The van der Waals surface area contributed by atoms with Gasteiger partial charge in [0.1, 0.15) is 5.75 Å². The summed E-state index contributed by atoms with van der Waals surface area (Å²) >= 11 is 0. The Kier molecular flexibility index (Phi) is 4.28. The van der Waals surface area contributed by atoms with Crippen LogP contribution in [0.15, 0.2) is 42.7 Å². The molecule has 0 spiro atoms. The molecule has 0 radical (unpaired) electrons. The summed E-state index contributed by atoms with van der Waals surface area (Å²) < 4.78 is 5.43. The van der Waals surface area contributed by atoms with Crippen LogP contribution < -0.4 is 10.1 Å². The van der Waals surface area contributed by atoms with Gasteiger partial charge >= 0.3 is 0 Å². The lowest BCUT2D eigenvalue weighted by Gasteiger charge is -2.21. The summed E-state index contributed by atoms with van der Waals surface area (Å²) in [6.45, 7) is 7.39. The number of nitrogens with zero attached hydrogens (tertiary/aromatic N) is 1. The quantitative estimate of drug-likeness (QED) is 0.911. The predicted molar refractivity (Wildman–Crippen MR) is 83.3 cm³/mol. The van der Waals surface area contributed by atoms with Crippen LogP contribution >= 0.6 is 0 Å². The third kappa shape index (κ3) is 3.50. The highest BCUT2D eigenvalue weighted by atomic mass is 16.5. The minimum atomic E-state index is 0.124. The molecule has 0 unspecified atom stereocenters. The number of methoxy groups -OCH3 is 1. The molecule has 106 valence electrons. The Morgan fingerprint density at radius 2 is 1.80 bits per heavy atom. The zero-order chi connectivity index (χ0) is 14.6. The number of pyridine rings is 1. The van der Waals surface area contributed by atoms with Gasteiger partial charge in [-0.15, -0.1) is 0 Å². The first kappa shape index (κ1) is 14.4. The van der Waals surface area contributed by atoms with Crippen molar-refractivity contribution in [1.29, 1.82) is 0 Å². The Morgan fingerprint density at radius 3 is 2.40 bits per heavy atom. The van der Waals surface area contributed by atoms with E-state index in [0.717, 1.165) is 18.0 Å². The van der Waals surface area contributed by atoms with Crippen LogP contribution in [0.2, 0.25) is 0 Å². The zero-order valence-corrected chi connectivity index (χ0v) is 12.6. The standard InChI is InChI=1S/C17H22N2O/c1-17(2,3)14-5-6-16(20-4)15(11-14)19-12-13-7-9-18-10-8-13/h5-11,19H,12H2,1-4H3. The summed E-state index contributed by atoms with van der Waals surface area (Å²) in [6, 6.07) is 10.3. The minimum Gasteiger partial charge on any atom is -0.495 e. The third-order valence-electron chi connectivity index (χ3n) is 3.30. The van der Waals surface area contributed by atoms with Gasteiger partial charge in [0.25, 0.3) is 0 Å². The summed E-state index contributed by atoms with van der Waals surface area (Å²) in [6.07, 6.45) is 3.61. The highest BCUT2D eigenvalue weighted by molar-refractivity contribution is 5.59. The summed E-state index contributed by atoms with van der Waals surface area (Å²) in [4.78, 5) is 4.03. The second-order valence-corrected chi connectivity index (χ2v) is 5.87. The monoisotopic (exact) mass is 270 g/mol. The molecule has 1 N–H and O–H groups in total. The Morgan fingerprint density at radius 1 is 1.10 bits per heavy atom. The van der Waals surface area contributed by atoms with Gasteiger partial charge in [0.2, 0.25) is 0 Å². The molecule has 0 fully saturated rings. The lowest BCUT2D eigenvalue weighted by molar-refractivity contribution is 0.416. The maximum absolute atomic E-state index is 5.43. The Labute approximate surface area is 121 Å². The SMILES string of the molecule is COc1ccc(C(C)(C)C)cc1NCc1ccncc1. The highest BCUT2D eigenvalue weighted by Gasteiger charge is 2.15. The predicted octanol–water partition coefficient (Wildman–Crippen LogP) is 4.00. The van der Waals surface area contributed by atoms with Crippen LogP contribution in [-0.2, 0) is 12.0 Å². The first-order valence-corrected chi connectivity index (χ1v) is 6.82. The zero-order valence-electron chi connectivity index (χ0n) is 12.6. The van der Waals surface area contributed by atoms with E-state index in [-0.39, 0.29) is 5.41 Å². The second-order valence-electron chi connectivity index (χ2n) is 5.87. The van der Waals surface area contributed by atoms with Crippen molar-refractivity contribution < 1.29 is 4.74 Å². The largest absolute Gasteiger partial charge is 0.495 e. The summed E-state index contributed by atoms with van der Waals surface area (Å²) in [5.41, 5.74) is 3.63. The van der Waals surface area contributed by atoms with Crippen molar-refractivity contribution in [3.05, 3.63) is 53.9 Å². The average Bonchev–Trinajstić information content (AvgIpc) is 2.45. The molecule has 2 rings (SSSR count). The molecule has 0 saturated carbocycles. The maximum Gasteiger partial charge on any atom is 0.141 e. The van der Waals surface area contributed by atoms with Gasteiger partial charge in [-0.05, 0) is 40.8 Å². The molecular formula is C17H22N2O. The van der Waals surface area contributed by atoms with Crippen LogP contribution in [0.4, 0.5) is 5.69 Å². The van der Waals surface area contributed by atoms with E-state index in [1.54, 1.807) is 19.5 Å². The molecule has 0 aliphatic heterocycles. The number of anilines is 1. The van der Waals surface area contributed by atoms with E-state index in [0.29, 0.717) is 0 Å². The molecule has 0 aliphatic carbocycles. The van der Waals surface area contributed by atoms with Crippen molar-refractivity contribution in [2.24, 2.45) is 0 Å². The molecule has 1 aromatic carbocycles. The third-order valence-corrected chi connectivity index (χ3v) is 3.30. The van der Waals surface area contributed by atoms with Crippen molar-refractivity contribution in [2.45, 2.75) is 32.7 Å². The molecule has 0 aliphatic rings. The molecular weight excluding hydrogens is 248 g/mol. The number of benzene rings is 1. The van der Waals surface area contributed by atoms with E-state index in [9.17, 15) is 0 Å². The average molecular weight is 270 g/mol. The van der Waals surface area contributed by atoms with Gasteiger partial charge in [0.05, 0.1) is 12.8 Å². The second kappa shape index (κ2) is 5.95. The van der Waals surface area contributed by atoms with Crippen molar-refractivity contribution >= 4 is 5.69 Å². The fourth-order valence-corrected chi connectivity index (χ4v) is 2.01. The van der Waals surface area contributed by atoms with Gasteiger partial charge in [-0.1, -0.05) is 26.8 Å². The lowest BCUT2D eigenvalue weighted by atomic mass is 9.87. The van der Waals surface area contributed by atoms with E-state index >= 15 is 0 Å². The summed E-state index contributed by atoms with van der Waals surface area (Å²) in [5, 5.41) is 3.44. The van der Waals surface area contributed by atoms with Gasteiger partial charge in [0.15, 0.2) is 0 Å². The number of nitrogens with one attached hydrogen (secondary N) is 1. The molecule has 3 nitrogen and oxygen atoms in total. The summed E-state index contributed by atoms with van der Waals surface area (Å²) in [7, 11) is 1.70. The molecule has 1 aromatic heterocycles. The van der Waals surface area contributed by atoms with Crippen molar-refractivity contribution in [1.82, 2.24) is 4.98 Å². The van der Waals surface area contributed by atoms with Crippen molar-refractivity contribution in [3.63, 3.8) is 0 Å². The van der Waals surface area contributed by atoms with Crippen molar-refractivity contribution in [2.75, 3.05) is 12.4 Å². The van der Waals surface area contributed by atoms with Gasteiger partial charge in [-0.2, -0.15) is 0 Å². The highest BCUT2D eigenvalue weighted by Crippen LogP contribution is 2.31. The lowest BCUT2D eigenvalue weighted by Crippen LogP contribution is -2.12. The smallest absolute Gasteiger partial charge is 0.141 e. The fraction of sp³-hybridized carbons (Fsp3) is 0.353. The van der Waals surface area contributed by atoms with E-state index in [1.807, 2.05) is 18.2 Å². The molecule has 3 heteroatoms. The van der Waals surface area contributed by atoms with Gasteiger partial charge in [-0.3, -0.25) is 4.98 Å². The Hall–Kier alpha value is -2.03. The molecule has 1 heterocycles. The molecule has 0 atom stereocenters. The molecule has 0 bridgehead atoms. The number of rotatable bonds is 4. The van der Waals surface area contributed by atoms with Gasteiger partial charge < -0.3 is 10.1 Å². The first-order valence-electron chi connectivity index (χ1n) is 6.82. The van der Waals surface area contributed by atoms with E-state index in [1.165, 1.54) is 11.1 Å². The van der Waals surface area contributed by atoms with Gasteiger partial charge in [0, 0.05) is 18.9 Å². The van der Waals surface area contributed by atoms with Crippen LogP contribution in [0, 0.1) is 0 Å². The molecule has 20 heavy (non-hydrogen) atoms. The molecule has 0 amide bonds. The van der Waals surface area contributed by atoms with Crippen LogP contribution in [-0.4, -0.2) is 12.1 Å². The van der Waals surface area contributed by atoms with E-state index < -0.39 is 0 Å². The number of aromatic nitrogens is 1. The number of hydrogen-bond donors (Lipinski definition) is 1. The fourth-order valence-electron chi connectivity index (χ4n) is 2.01. The number of ether oxygens (including phenoxy) is 1. The van der Waals surface area contributed by atoms with E-state index in [2.05, 4.69) is 43.2 Å². The van der Waals surface area contributed by atoms with Crippen LogP contribution in [0.1, 0.15) is 31.9 Å². The number of hydrogen-bond acceptors (Lipinski definition) is 3. The van der Waals surface area contributed by atoms with E-state index in [4.69, 9.17) is 4.74 Å². The summed E-state index contributed by atoms with van der Waals surface area (Å²) in [5.74, 6) is 0.868. The van der Waals surface area contributed by atoms with Gasteiger partial charge in [-0.25, -0.2) is 0 Å². The molecule has 0 saturated heterocycles. The van der Waals surface area contributed by atoms with Crippen molar-refractivity contribution in [3.8, 4) is 5.75 Å². The van der Waals surface area contributed by atoms with Crippen LogP contribution in [0.3, 0.4) is 0 Å². The van der Waals surface area contributed by atoms with Crippen LogP contribution in [0.5, 0.6) is 5.75 Å². The topological polar surface area (TPSA) is 34.1 Å². The normalized spacial score (nSPS) is 11.2. The van der Waals surface area contributed by atoms with Crippen LogP contribution in [0.25, 0.3) is 0 Å². The Bertz CT molecular complexity index is 559. The minimum absolute atomic E-state index is 0.124.